The maximum atomic E-state index is 13.6. The zero-order chi connectivity index (χ0) is 62.8. The van der Waals surface area contributed by atoms with E-state index in [1.807, 2.05) is 33.3 Å². The Morgan fingerprint density at radius 3 is 1.14 bits per heavy atom. The molecule has 0 heterocycles. The molecule has 86 heavy (non-hydrogen) atoms. The molecule has 0 aromatic rings. The van der Waals surface area contributed by atoms with Crippen LogP contribution >= 0.6 is 7.82 Å². The first kappa shape index (κ1) is 82.4. The lowest BCUT2D eigenvalue weighted by atomic mass is 10.0. The molecule has 9 nitrogen and oxygen atoms in total. The van der Waals surface area contributed by atoms with Crippen LogP contribution in [0.15, 0.2) is 122 Å². The summed E-state index contributed by atoms with van der Waals surface area (Å²) in [7, 11) is 1.47. The largest absolute Gasteiger partial charge is 0.472 e. The van der Waals surface area contributed by atoms with E-state index in [4.69, 9.17) is 13.8 Å². The Balaban J connectivity index is 5.14. The molecule has 1 amide bonds. The van der Waals surface area contributed by atoms with Crippen LogP contribution in [-0.2, 0) is 27.9 Å². The number of nitrogens with zero attached hydrogens (tertiary/aromatic N) is 1. The molecule has 0 spiro atoms. The maximum absolute atomic E-state index is 13.6. The van der Waals surface area contributed by atoms with Crippen LogP contribution in [0.4, 0.5) is 0 Å². The van der Waals surface area contributed by atoms with E-state index in [-0.39, 0.29) is 31.5 Å². The molecule has 0 bridgehead atoms. The maximum Gasteiger partial charge on any atom is 0.472 e. The summed E-state index contributed by atoms with van der Waals surface area (Å²) in [6.07, 6.45) is 90.6. The second-order valence-electron chi connectivity index (χ2n) is 24.7. The number of carbonyl (C=O) groups excluding carboxylic acids is 2. The highest BCUT2D eigenvalue weighted by Crippen LogP contribution is 2.43. The first-order valence-corrected chi connectivity index (χ1v) is 36.9. The van der Waals surface area contributed by atoms with Crippen molar-refractivity contribution in [2.45, 2.75) is 309 Å². The number of likely N-dealkylation sites (N-methyl/N-ethyl adjacent to an activating group) is 1. The predicted octanol–water partition coefficient (Wildman–Crippen LogP) is 22.6. The van der Waals surface area contributed by atoms with Gasteiger partial charge in [-0.05, 0) is 122 Å². The highest BCUT2D eigenvalue weighted by molar-refractivity contribution is 7.47. The molecule has 0 rings (SSSR count). The number of phosphoric ester groups is 1. The molecule has 10 heteroatoms. The van der Waals surface area contributed by atoms with E-state index < -0.39 is 20.0 Å². The summed E-state index contributed by atoms with van der Waals surface area (Å²) in [5.41, 5.74) is 0. The second kappa shape index (κ2) is 64.4. The number of ether oxygens (including phenoxy) is 1. The van der Waals surface area contributed by atoms with E-state index >= 15 is 0 Å². The summed E-state index contributed by atoms with van der Waals surface area (Å²) in [4.78, 5) is 37.9. The van der Waals surface area contributed by atoms with Crippen LogP contribution in [0.3, 0.4) is 0 Å². The van der Waals surface area contributed by atoms with Crippen molar-refractivity contribution in [2.75, 3.05) is 40.9 Å². The number of hydrogen-bond donors (Lipinski definition) is 2. The zero-order valence-corrected chi connectivity index (χ0v) is 57.4. The minimum absolute atomic E-state index is 0.0310. The average molecular weight is 1220 g/mol. The van der Waals surface area contributed by atoms with E-state index in [0.717, 1.165) is 135 Å². The van der Waals surface area contributed by atoms with Gasteiger partial charge in [-0.15, -0.1) is 0 Å². The van der Waals surface area contributed by atoms with Gasteiger partial charge in [-0.2, -0.15) is 0 Å². The monoisotopic (exact) mass is 1220 g/mol. The van der Waals surface area contributed by atoms with E-state index in [9.17, 15) is 19.0 Å². The van der Waals surface area contributed by atoms with E-state index in [1.165, 1.54) is 128 Å². The molecule has 0 saturated heterocycles. The van der Waals surface area contributed by atoms with Crippen LogP contribution in [-0.4, -0.2) is 74.3 Å². The number of unbranched alkanes of at least 4 members (excludes halogenated alkanes) is 29. The number of rotatable bonds is 63. The van der Waals surface area contributed by atoms with Crippen molar-refractivity contribution in [3.63, 3.8) is 0 Å². The SMILES string of the molecule is CC/C=C\C/C=C\C/C=C\C/C=C\C/C=C\CCCCCCCCCCCC(=O)OC(/C=C/CCCCCCCCCCCC)C(COP(=O)(O)OCC[N+](C)(C)C)NC(=O)CCCCCCCCC/C=C\C/C=C\C/C=C\C/C=C\CCCCC. The average Bonchev–Trinajstić information content (AvgIpc) is 3.65. The smallest absolute Gasteiger partial charge is 0.456 e. The number of hydrogen-bond acceptors (Lipinski definition) is 6. The van der Waals surface area contributed by atoms with Gasteiger partial charge < -0.3 is 19.4 Å². The Labute approximate surface area is 531 Å². The van der Waals surface area contributed by atoms with Crippen LogP contribution in [0.1, 0.15) is 297 Å². The van der Waals surface area contributed by atoms with Crippen molar-refractivity contribution in [3.8, 4) is 0 Å². The van der Waals surface area contributed by atoms with Crippen LogP contribution in [0.5, 0.6) is 0 Å². The quantitative estimate of drug-likeness (QED) is 0.0205. The number of allylic oxidation sites excluding steroid dienone is 19. The molecule has 3 unspecified atom stereocenters. The number of carbonyl (C=O) groups is 2. The highest BCUT2D eigenvalue weighted by atomic mass is 31.2. The first-order chi connectivity index (χ1) is 41.9. The van der Waals surface area contributed by atoms with E-state index in [1.54, 1.807) is 0 Å². The normalized spacial score (nSPS) is 14.3. The first-order valence-electron chi connectivity index (χ1n) is 35.4. The third kappa shape index (κ3) is 64.9. The van der Waals surface area contributed by atoms with Gasteiger partial charge in [-0.1, -0.05) is 284 Å². The Bertz CT molecular complexity index is 1890. The van der Waals surface area contributed by atoms with Crippen molar-refractivity contribution in [3.05, 3.63) is 122 Å². The fraction of sp³-hybridized carbons (Fsp3) is 0.711. The predicted molar refractivity (Wildman–Crippen MR) is 373 cm³/mol. The van der Waals surface area contributed by atoms with Gasteiger partial charge in [0, 0.05) is 12.8 Å². The topological polar surface area (TPSA) is 111 Å². The van der Waals surface area contributed by atoms with Gasteiger partial charge >= 0.3 is 13.8 Å². The minimum atomic E-state index is -4.47. The third-order valence-corrected chi connectivity index (χ3v) is 16.1. The summed E-state index contributed by atoms with van der Waals surface area (Å²) in [6.45, 7) is 6.86. The summed E-state index contributed by atoms with van der Waals surface area (Å²) in [6, 6.07) is -0.866. The fourth-order valence-electron chi connectivity index (χ4n) is 9.72. The summed E-state index contributed by atoms with van der Waals surface area (Å²) in [5.74, 6) is -0.526. The van der Waals surface area contributed by atoms with Crippen molar-refractivity contribution in [2.24, 2.45) is 0 Å². The number of quaternary nitrogens is 1. The Morgan fingerprint density at radius 1 is 0.419 bits per heavy atom. The van der Waals surface area contributed by atoms with Crippen molar-refractivity contribution < 1.29 is 37.3 Å². The van der Waals surface area contributed by atoms with E-state index in [0.29, 0.717) is 17.4 Å². The molecule has 0 aliphatic carbocycles. The Hall–Kier alpha value is -3.59. The van der Waals surface area contributed by atoms with Gasteiger partial charge in [0.05, 0.1) is 33.8 Å². The summed E-state index contributed by atoms with van der Waals surface area (Å²) < 4.78 is 30.8. The van der Waals surface area contributed by atoms with Crippen LogP contribution < -0.4 is 5.32 Å². The number of amides is 1. The molecule has 3 atom stereocenters. The van der Waals surface area contributed by atoms with Crippen LogP contribution in [0.25, 0.3) is 0 Å². The molecule has 2 N–H and O–H groups in total. The van der Waals surface area contributed by atoms with Gasteiger partial charge in [0.1, 0.15) is 19.3 Å². The lowest BCUT2D eigenvalue weighted by Gasteiger charge is -2.27. The molecule has 0 aromatic carbocycles. The molecule has 0 aliphatic rings. The van der Waals surface area contributed by atoms with Crippen molar-refractivity contribution in [1.29, 1.82) is 0 Å². The second-order valence-corrected chi connectivity index (χ2v) is 26.1. The minimum Gasteiger partial charge on any atom is -0.456 e. The van der Waals surface area contributed by atoms with Crippen LogP contribution in [0, 0.1) is 0 Å². The van der Waals surface area contributed by atoms with Crippen molar-refractivity contribution >= 4 is 19.7 Å². The fourth-order valence-corrected chi connectivity index (χ4v) is 10.5. The zero-order valence-electron chi connectivity index (χ0n) is 56.5. The van der Waals surface area contributed by atoms with Gasteiger partial charge in [-0.3, -0.25) is 18.6 Å². The summed E-state index contributed by atoms with van der Waals surface area (Å²) in [5, 5.41) is 3.06. The van der Waals surface area contributed by atoms with Crippen LogP contribution in [0.2, 0.25) is 0 Å². The van der Waals surface area contributed by atoms with Gasteiger partial charge in [0.15, 0.2) is 0 Å². The lowest BCUT2D eigenvalue weighted by molar-refractivity contribution is -0.870. The Morgan fingerprint density at radius 2 is 0.744 bits per heavy atom. The lowest BCUT2D eigenvalue weighted by Crippen LogP contribution is -2.47. The molecule has 0 aromatic heterocycles. The Kier molecular flexibility index (Phi) is 61.7. The molecule has 494 valence electrons. The third-order valence-electron chi connectivity index (χ3n) is 15.1. The van der Waals surface area contributed by atoms with E-state index in [2.05, 4.69) is 135 Å². The van der Waals surface area contributed by atoms with Gasteiger partial charge in [0.25, 0.3) is 0 Å². The van der Waals surface area contributed by atoms with Gasteiger partial charge in [0.2, 0.25) is 5.91 Å². The number of nitrogens with one attached hydrogen (secondary N) is 1. The molecular formula is C76H134N2O7P+. The molecule has 0 saturated carbocycles. The molecule has 0 aliphatic heterocycles. The highest BCUT2D eigenvalue weighted by Gasteiger charge is 2.30. The number of phosphoric acid groups is 1. The molecular weight excluding hydrogens is 1080 g/mol. The molecule has 0 fully saturated rings. The standard InChI is InChI=1S/C76H133N2O7P/c1-7-10-13-16-19-22-25-28-30-32-34-36-38-39-41-43-45-47-49-51-54-57-60-63-66-69-76(80)85-74(67-64-61-58-55-52-27-24-21-18-15-12-9-3)73(72-84-86(81,82)83-71-70-78(4,5)6)77-75(79)68-65-62-59-56-53-50-48-46-44-42-40-37-35-33-31-29-26-23-20-17-14-11-8-2/h10,13,19-20,22-23,28-31,34-37,39,41-42,44,64,67,73-74H,7-9,11-12,14-18,21,24-27,32-33,38,40,43,45-63,65-66,68-72H2,1-6H3,(H-,77,79,81,82)/p+1/b13-10-,22-19-,23-20-,30-28-,31-29-,36-34-,37-35-,41-39-,44-42-,67-64+. The number of esters is 1. The summed E-state index contributed by atoms with van der Waals surface area (Å²) >= 11 is 0. The molecule has 0 radical (unpaired) electrons. The van der Waals surface area contributed by atoms with Crippen molar-refractivity contribution in [1.82, 2.24) is 5.32 Å². The van der Waals surface area contributed by atoms with Gasteiger partial charge in [-0.25, -0.2) is 4.57 Å².